The third kappa shape index (κ3) is 3.34. The number of hydrogen-bond donors (Lipinski definition) is 1. The Kier molecular flexibility index (Phi) is 4.69. The summed E-state index contributed by atoms with van der Waals surface area (Å²) < 4.78 is 5.88. The van der Waals surface area contributed by atoms with Crippen LogP contribution < -0.4 is 15.0 Å². The van der Waals surface area contributed by atoms with E-state index in [1.165, 1.54) is 49.9 Å². The van der Waals surface area contributed by atoms with Gasteiger partial charge in [-0.25, -0.2) is 0 Å². The maximum absolute atomic E-state index is 5.88. The van der Waals surface area contributed by atoms with Crippen molar-refractivity contribution in [2.75, 3.05) is 31.6 Å². The van der Waals surface area contributed by atoms with E-state index in [4.69, 9.17) is 4.74 Å². The van der Waals surface area contributed by atoms with Gasteiger partial charge >= 0.3 is 0 Å². The summed E-state index contributed by atoms with van der Waals surface area (Å²) in [7, 11) is 2.03. The first-order valence-corrected chi connectivity index (χ1v) is 8.53. The first-order chi connectivity index (χ1) is 10.3. The van der Waals surface area contributed by atoms with Crippen LogP contribution in [0.25, 0.3) is 0 Å². The number of rotatable bonds is 9. The normalized spacial score (nSPS) is 21.6. The van der Waals surface area contributed by atoms with Crippen LogP contribution >= 0.6 is 0 Å². The predicted octanol–water partition coefficient (Wildman–Crippen LogP) is 3.54. The molecule has 1 aliphatic carbocycles. The quantitative estimate of drug-likeness (QED) is 0.703. The van der Waals surface area contributed by atoms with Gasteiger partial charge in [0.25, 0.3) is 0 Å². The summed E-state index contributed by atoms with van der Waals surface area (Å²) in [6.07, 6.45) is 6.75. The lowest BCUT2D eigenvalue weighted by Gasteiger charge is -2.25. The summed E-state index contributed by atoms with van der Waals surface area (Å²) in [5.74, 6) is 1.82. The van der Waals surface area contributed by atoms with Gasteiger partial charge in [0.1, 0.15) is 11.9 Å². The van der Waals surface area contributed by atoms with Gasteiger partial charge in [-0.05, 0) is 57.5 Å². The van der Waals surface area contributed by atoms with Crippen LogP contribution in [-0.4, -0.2) is 32.8 Å². The van der Waals surface area contributed by atoms with Crippen LogP contribution in [0.4, 0.5) is 5.69 Å². The van der Waals surface area contributed by atoms with E-state index in [1.807, 2.05) is 7.05 Å². The van der Waals surface area contributed by atoms with Gasteiger partial charge in [-0.1, -0.05) is 13.3 Å². The Morgan fingerprint density at radius 2 is 2.10 bits per heavy atom. The number of hydrogen-bond acceptors (Lipinski definition) is 3. The van der Waals surface area contributed by atoms with Gasteiger partial charge in [-0.2, -0.15) is 0 Å². The molecule has 3 nitrogen and oxygen atoms in total. The maximum Gasteiger partial charge on any atom is 0.123 e. The first-order valence-electron chi connectivity index (χ1n) is 8.53. The number of ether oxygens (including phenoxy) is 1. The molecular formula is C18H28N2O. The third-order valence-electron chi connectivity index (χ3n) is 4.65. The second-order valence-corrected chi connectivity index (χ2v) is 6.37. The number of unbranched alkanes of at least 4 members (excludes halogenated alkanes) is 2. The van der Waals surface area contributed by atoms with Gasteiger partial charge in [-0.15, -0.1) is 0 Å². The molecule has 0 spiro atoms. The molecule has 1 aromatic carbocycles. The Balaban J connectivity index is 1.65. The lowest BCUT2D eigenvalue weighted by Crippen LogP contribution is -2.26. The number of fused-ring (bicyclic) bond motifs is 3. The topological polar surface area (TPSA) is 24.5 Å². The second-order valence-electron chi connectivity index (χ2n) is 6.37. The van der Waals surface area contributed by atoms with E-state index >= 15 is 0 Å². The molecule has 1 saturated carbocycles. The molecule has 2 atom stereocenters. The molecule has 1 fully saturated rings. The van der Waals surface area contributed by atoms with Crippen LogP contribution in [0.1, 0.15) is 50.5 Å². The van der Waals surface area contributed by atoms with E-state index in [0.29, 0.717) is 12.0 Å². The largest absolute Gasteiger partial charge is 0.489 e. The van der Waals surface area contributed by atoms with Crippen LogP contribution in [0.5, 0.6) is 5.75 Å². The fourth-order valence-electron chi connectivity index (χ4n) is 3.25. The highest BCUT2D eigenvalue weighted by Crippen LogP contribution is 2.54. The Labute approximate surface area is 128 Å². The SMILES string of the molecule is CCCCN(CCCCNC)c1ccc2c(c1)C1CC1O2. The van der Waals surface area contributed by atoms with Crippen molar-refractivity contribution in [3.8, 4) is 5.75 Å². The molecule has 1 N–H and O–H groups in total. The fourth-order valence-corrected chi connectivity index (χ4v) is 3.25. The molecular weight excluding hydrogens is 260 g/mol. The molecule has 2 aliphatic rings. The van der Waals surface area contributed by atoms with Crippen molar-refractivity contribution in [1.29, 1.82) is 0 Å². The zero-order valence-electron chi connectivity index (χ0n) is 13.4. The molecule has 1 heterocycles. The average Bonchev–Trinajstić information content (AvgIpc) is 3.19. The van der Waals surface area contributed by atoms with E-state index in [0.717, 1.165) is 18.8 Å². The van der Waals surface area contributed by atoms with Crippen LogP contribution in [0.3, 0.4) is 0 Å². The molecule has 2 unspecified atom stereocenters. The van der Waals surface area contributed by atoms with Crippen molar-refractivity contribution < 1.29 is 4.74 Å². The fraction of sp³-hybridized carbons (Fsp3) is 0.667. The number of benzene rings is 1. The number of anilines is 1. The third-order valence-corrected chi connectivity index (χ3v) is 4.65. The van der Waals surface area contributed by atoms with Gasteiger partial charge in [0.15, 0.2) is 0 Å². The second kappa shape index (κ2) is 6.69. The molecule has 0 bridgehead atoms. The van der Waals surface area contributed by atoms with Gasteiger partial charge in [0.05, 0.1) is 0 Å². The molecule has 116 valence electrons. The van der Waals surface area contributed by atoms with Crippen molar-refractivity contribution in [2.24, 2.45) is 0 Å². The Morgan fingerprint density at radius 3 is 2.90 bits per heavy atom. The summed E-state index contributed by atoms with van der Waals surface area (Å²) in [6, 6.07) is 6.82. The molecule has 0 amide bonds. The zero-order chi connectivity index (χ0) is 14.7. The van der Waals surface area contributed by atoms with Crippen molar-refractivity contribution in [3.05, 3.63) is 23.8 Å². The average molecular weight is 288 g/mol. The van der Waals surface area contributed by atoms with E-state index in [9.17, 15) is 0 Å². The molecule has 0 radical (unpaired) electrons. The van der Waals surface area contributed by atoms with Crippen molar-refractivity contribution in [3.63, 3.8) is 0 Å². The Hall–Kier alpha value is -1.22. The molecule has 1 aromatic rings. The summed E-state index contributed by atoms with van der Waals surface area (Å²) in [6.45, 7) is 5.72. The van der Waals surface area contributed by atoms with E-state index in [2.05, 4.69) is 35.3 Å². The minimum Gasteiger partial charge on any atom is -0.489 e. The summed E-state index contributed by atoms with van der Waals surface area (Å²) in [5, 5.41) is 3.23. The summed E-state index contributed by atoms with van der Waals surface area (Å²) >= 11 is 0. The standard InChI is InChI=1S/C18H28N2O/c1-3-4-10-20(11-6-5-9-19-2)14-7-8-17-15(12-14)16-13-18(16)21-17/h7-8,12,16,18-19H,3-6,9-11,13H2,1-2H3. The van der Waals surface area contributed by atoms with E-state index < -0.39 is 0 Å². The van der Waals surface area contributed by atoms with Crippen LogP contribution in [0.2, 0.25) is 0 Å². The van der Waals surface area contributed by atoms with Crippen LogP contribution in [-0.2, 0) is 0 Å². The smallest absolute Gasteiger partial charge is 0.123 e. The highest BCUT2D eigenvalue weighted by Gasteiger charge is 2.47. The van der Waals surface area contributed by atoms with E-state index in [-0.39, 0.29) is 0 Å². The van der Waals surface area contributed by atoms with Crippen LogP contribution in [0, 0.1) is 0 Å². The van der Waals surface area contributed by atoms with Crippen molar-refractivity contribution >= 4 is 5.69 Å². The first kappa shape index (κ1) is 14.7. The van der Waals surface area contributed by atoms with Gasteiger partial charge in [-0.3, -0.25) is 0 Å². The molecule has 21 heavy (non-hydrogen) atoms. The van der Waals surface area contributed by atoms with Gasteiger partial charge in [0.2, 0.25) is 0 Å². The Morgan fingerprint density at radius 1 is 1.24 bits per heavy atom. The molecule has 3 heteroatoms. The van der Waals surface area contributed by atoms with E-state index in [1.54, 1.807) is 0 Å². The van der Waals surface area contributed by atoms with Crippen molar-refractivity contribution in [1.82, 2.24) is 5.32 Å². The summed E-state index contributed by atoms with van der Waals surface area (Å²) in [4.78, 5) is 2.56. The van der Waals surface area contributed by atoms with Gasteiger partial charge in [0, 0.05) is 30.3 Å². The van der Waals surface area contributed by atoms with Crippen molar-refractivity contribution in [2.45, 2.75) is 51.0 Å². The van der Waals surface area contributed by atoms with Gasteiger partial charge < -0.3 is 15.0 Å². The number of nitrogens with zero attached hydrogens (tertiary/aromatic N) is 1. The molecule has 0 saturated heterocycles. The highest BCUT2D eigenvalue weighted by atomic mass is 16.5. The minimum absolute atomic E-state index is 0.495. The number of nitrogens with one attached hydrogen (secondary N) is 1. The molecule has 0 aromatic heterocycles. The zero-order valence-corrected chi connectivity index (χ0v) is 13.4. The molecule has 1 aliphatic heterocycles. The minimum atomic E-state index is 0.495. The lowest BCUT2D eigenvalue weighted by atomic mass is 10.1. The summed E-state index contributed by atoms with van der Waals surface area (Å²) in [5.41, 5.74) is 2.84. The Bertz CT molecular complexity index is 474. The predicted molar refractivity (Wildman–Crippen MR) is 88.5 cm³/mol. The highest BCUT2D eigenvalue weighted by molar-refractivity contribution is 5.57. The molecule has 3 rings (SSSR count). The lowest BCUT2D eigenvalue weighted by molar-refractivity contribution is 0.318. The van der Waals surface area contributed by atoms with Crippen LogP contribution in [0.15, 0.2) is 18.2 Å². The maximum atomic E-state index is 5.88. The monoisotopic (exact) mass is 288 g/mol.